The van der Waals surface area contributed by atoms with Gasteiger partial charge in [-0.25, -0.2) is 0 Å². The lowest BCUT2D eigenvalue weighted by Gasteiger charge is -2.61. The Morgan fingerprint density at radius 1 is 1.11 bits per heavy atom. The molecule has 4 atom stereocenters. The molecule has 152 valence electrons. The van der Waals surface area contributed by atoms with Gasteiger partial charge >= 0.3 is 0 Å². The molecule has 0 aromatic heterocycles. The minimum absolute atomic E-state index is 0.0214. The highest BCUT2D eigenvalue weighted by atomic mass is 16.7. The molecule has 2 unspecified atom stereocenters. The molecule has 5 heteroatoms. The van der Waals surface area contributed by atoms with Crippen LogP contribution in [0.2, 0.25) is 0 Å². The zero-order valence-electron chi connectivity index (χ0n) is 17.2. The fraction of sp³-hybridized carbons (Fsp3) is 0.739. The summed E-state index contributed by atoms with van der Waals surface area (Å²) in [7, 11) is 5.28. The minimum atomic E-state index is -0.682. The summed E-state index contributed by atoms with van der Waals surface area (Å²) in [6, 6.07) is 4.98. The zero-order chi connectivity index (χ0) is 19.1. The number of rotatable bonds is 5. The molecule has 3 fully saturated rings. The molecule has 1 saturated heterocycles. The molecular formula is C23H31NO4. The predicted molar refractivity (Wildman–Crippen MR) is 105 cm³/mol. The monoisotopic (exact) mass is 385 g/mol. The Kier molecular flexibility index (Phi) is 3.68. The molecule has 2 saturated carbocycles. The summed E-state index contributed by atoms with van der Waals surface area (Å²) in [4.78, 5) is 2.81. The van der Waals surface area contributed by atoms with E-state index in [0.717, 1.165) is 49.6 Å². The van der Waals surface area contributed by atoms with Crippen LogP contribution in [-0.2, 0) is 21.3 Å². The molecule has 2 aliphatic heterocycles. The third-order valence-electron chi connectivity index (χ3n) is 8.52. The summed E-state index contributed by atoms with van der Waals surface area (Å²) >= 11 is 0. The van der Waals surface area contributed by atoms with E-state index in [1.165, 1.54) is 30.5 Å². The largest absolute Gasteiger partial charge is 0.493 e. The minimum Gasteiger partial charge on any atom is -0.493 e. The van der Waals surface area contributed by atoms with Crippen molar-refractivity contribution in [2.24, 2.45) is 11.8 Å². The molecule has 1 aromatic carbocycles. The van der Waals surface area contributed by atoms with Crippen molar-refractivity contribution in [2.75, 3.05) is 34.4 Å². The van der Waals surface area contributed by atoms with E-state index in [1.807, 2.05) is 0 Å². The van der Waals surface area contributed by atoms with Gasteiger partial charge in [0.05, 0.1) is 7.11 Å². The third kappa shape index (κ3) is 2.03. The normalized spacial score (nSPS) is 37.3. The van der Waals surface area contributed by atoms with Gasteiger partial charge in [-0.3, -0.25) is 4.90 Å². The van der Waals surface area contributed by atoms with Crippen LogP contribution < -0.4 is 9.47 Å². The molecule has 5 aliphatic rings. The van der Waals surface area contributed by atoms with E-state index in [9.17, 15) is 0 Å². The summed E-state index contributed by atoms with van der Waals surface area (Å²) in [5.41, 5.74) is 2.83. The first kappa shape index (κ1) is 17.5. The van der Waals surface area contributed by atoms with Crippen LogP contribution in [0.15, 0.2) is 12.1 Å². The summed E-state index contributed by atoms with van der Waals surface area (Å²) in [6.45, 7) is 2.43. The van der Waals surface area contributed by atoms with E-state index in [4.69, 9.17) is 18.9 Å². The van der Waals surface area contributed by atoms with E-state index >= 15 is 0 Å². The average molecular weight is 386 g/mol. The van der Waals surface area contributed by atoms with Crippen molar-refractivity contribution in [3.63, 3.8) is 0 Å². The molecule has 2 heterocycles. The van der Waals surface area contributed by atoms with Crippen molar-refractivity contribution in [2.45, 2.75) is 61.9 Å². The van der Waals surface area contributed by atoms with Crippen LogP contribution in [0, 0.1) is 11.8 Å². The fourth-order valence-corrected chi connectivity index (χ4v) is 7.11. The van der Waals surface area contributed by atoms with Crippen molar-refractivity contribution in [3.8, 4) is 11.5 Å². The maximum atomic E-state index is 6.73. The van der Waals surface area contributed by atoms with Gasteiger partial charge in [0.2, 0.25) is 5.79 Å². The highest BCUT2D eigenvalue weighted by Gasteiger charge is 2.70. The van der Waals surface area contributed by atoms with Crippen molar-refractivity contribution in [1.82, 2.24) is 4.90 Å². The molecule has 6 rings (SSSR count). The van der Waals surface area contributed by atoms with Crippen LogP contribution in [0.1, 0.15) is 43.2 Å². The molecule has 0 amide bonds. The summed E-state index contributed by atoms with van der Waals surface area (Å²) < 4.78 is 24.5. The van der Waals surface area contributed by atoms with Gasteiger partial charge in [0.25, 0.3) is 0 Å². The summed E-state index contributed by atoms with van der Waals surface area (Å²) in [6.07, 6.45) is 6.99. The Hall–Kier alpha value is -1.30. The quantitative estimate of drug-likeness (QED) is 0.729. The van der Waals surface area contributed by atoms with E-state index < -0.39 is 5.79 Å². The van der Waals surface area contributed by atoms with Gasteiger partial charge in [-0.15, -0.1) is 0 Å². The van der Waals surface area contributed by atoms with Gasteiger partial charge in [-0.05, 0) is 62.1 Å². The standard InChI is InChI=1S/C23H31NO4/c1-25-18-7-6-15-12-17-16-8-9-23(26-2,27-3)21-22(16,19(15)20(18)28-21)10-11-24(17)13-14-4-5-14/h6-7,14,16-17,21H,4-5,8-13H2,1-3H3/t16?,17?,21-,22+/m0/s1. The Labute approximate surface area is 167 Å². The summed E-state index contributed by atoms with van der Waals surface area (Å²) in [5, 5.41) is 0. The van der Waals surface area contributed by atoms with Gasteiger partial charge in [-0.2, -0.15) is 0 Å². The second kappa shape index (κ2) is 5.87. The first-order valence-corrected chi connectivity index (χ1v) is 10.9. The van der Waals surface area contributed by atoms with Gasteiger partial charge in [0, 0.05) is 44.2 Å². The molecule has 0 N–H and O–H groups in total. The molecule has 0 radical (unpaired) electrons. The molecule has 1 spiro atoms. The number of ether oxygens (including phenoxy) is 4. The smallest absolute Gasteiger partial charge is 0.206 e. The molecule has 3 aliphatic carbocycles. The molecular weight excluding hydrogens is 354 g/mol. The second-order valence-corrected chi connectivity index (χ2v) is 9.49. The maximum absolute atomic E-state index is 6.73. The first-order valence-electron chi connectivity index (χ1n) is 10.9. The SMILES string of the molecule is COc1ccc2c3c1O[C@@H]1C(OC)(OC)CCC4C(C2)N(CC2CC2)CC[C@]341. The third-order valence-corrected chi connectivity index (χ3v) is 8.52. The van der Waals surface area contributed by atoms with Gasteiger partial charge in [-0.1, -0.05) is 6.07 Å². The highest BCUT2D eigenvalue weighted by Crippen LogP contribution is 2.66. The van der Waals surface area contributed by atoms with Gasteiger partial charge in [0.15, 0.2) is 17.6 Å². The Bertz CT molecular complexity index is 802. The number of methoxy groups -OCH3 is 3. The number of hydrogen-bond acceptors (Lipinski definition) is 5. The fourth-order valence-electron chi connectivity index (χ4n) is 7.11. The predicted octanol–water partition coefficient (Wildman–Crippen LogP) is 3.13. The molecule has 5 nitrogen and oxygen atoms in total. The lowest BCUT2D eigenvalue weighted by Crippen LogP contribution is -2.71. The molecule has 28 heavy (non-hydrogen) atoms. The van der Waals surface area contributed by atoms with Gasteiger partial charge < -0.3 is 18.9 Å². The number of piperidine rings is 1. The number of benzene rings is 1. The van der Waals surface area contributed by atoms with Crippen LogP contribution >= 0.6 is 0 Å². The van der Waals surface area contributed by atoms with Crippen LogP contribution in [0.25, 0.3) is 0 Å². The number of hydrogen-bond donors (Lipinski definition) is 0. The Morgan fingerprint density at radius 3 is 2.64 bits per heavy atom. The van der Waals surface area contributed by atoms with Crippen molar-refractivity contribution >= 4 is 0 Å². The van der Waals surface area contributed by atoms with Crippen LogP contribution in [0.4, 0.5) is 0 Å². The van der Waals surface area contributed by atoms with Crippen molar-refractivity contribution in [3.05, 3.63) is 23.3 Å². The van der Waals surface area contributed by atoms with E-state index in [-0.39, 0.29) is 11.5 Å². The molecule has 2 bridgehead atoms. The van der Waals surface area contributed by atoms with Crippen LogP contribution in [-0.4, -0.2) is 57.3 Å². The lowest BCUT2D eigenvalue weighted by molar-refractivity contribution is -0.292. The molecule has 1 aromatic rings. The van der Waals surface area contributed by atoms with Crippen LogP contribution in [0.5, 0.6) is 11.5 Å². The topological polar surface area (TPSA) is 40.2 Å². The average Bonchev–Trinajstić information content (AvgIpc) is 3.47. The van der Waals surface area contributed by atoms with E-state index in [1.54, 1.807) is 21.3 Å². The van der Waals surface area contributed by atoms with Crippen molar-refractivity contribution < 1.29 is 18.9 Å². The van der Waals surface area contributed by atoms with E-state index in [0.29, 0.717) is 12.0 Å². The zero-order valence-corrected chi connectivity index (χ0v) is 17.2. The Balaban J connectivity index is 1.53. The highest BCUT2D eigenvalue weighted by molar-refractivity contribution is 5.61. The lowest BCUT2D eigenvalue weighted by atomic mass is 9.50. The Morgan fingerprint density at radius 2 is 1.93 bits per heavy atom. The second-order valence-electron chi connectivity index (χ2n) is 9.49. The maximum Gasteiger partial charge on any atom is 0.206 e. The number of likely N-dealkylation sites (tertiary alicyclic amines) is 1. The van der Waals surface area contributed by atoms with Gasteiger partial charge in [0.1, 0.15) is 0 Å². The van der Waals surface area contributed by atoms with Crippen LogP contribution in [0.3, 0.4) is 0 Å². The first-order chi connectivity index (χ1) is 13.7. The number of nitrogens with zero attached hydrogens (tertiary/aromatic N) is 1. The van der Waals surface area contributed by atoms with E-state index in [2.05, 4.69) is 17.0 Å². The summed E-state index contributed by atoms with van der Waals surface area (Å²) in [5.74, 6) is 2.64. The van der Waals surface area contributed by atoms with Crippen molar-refractivity contribution in [1.29, 1.82) is 0 Å².